The highest BCUT2D eigenvalue weighted by atomic mass is 16.5. The minimum Gasteiger partial charge on any atom is -0.427 e. The third kappa shape index (κ3) is 4.28. The van der Waals surface area contributed by atoms with Gasteiger partial charge in [0.05, 0.1) is 11.1 Å². The maximum atomic E-state index is 12.4. The van der Waals surface area contributed by atoms with E-state index < -0.39 is 5.97 Å². The number of ether oxygens (including phenoxy) is 1. The SMILES string of the molecule is O=C(CCCN1C(=O)c2ccccc2C1=O)Oc1ccc(C(=O)c2ccccc2)cc1. The minimum atomic E-state index is -0.473. The number of fused-ring (bicyclic) bond motifs is 1. The van der Waals surface area contributed by atoms with Gasteiger partial charge in [-0.05, 0) is 42.8 Å². The summed E-state index contributed by atoms with van der Waals surface area (Å²) in [5.74, 6) is -0.936. The van der Waals surface area contributed by atoms with Gasteiger partial charge in [0.2, 0.25) is 0 Å². The van der Waals surface area contributed by atoms with Crippen LogP contribution < -0.4 is 4.74 Å². The number of carbonyl (C=O) groups is 4. The number of hydrogen-bond acceptors (Lipinski definition) is 5. The van der Waals surface area contributed by atoms with Crippen molar-refractivity contribution in [3.8, 4) is 5.75 Å². The average Bonchev–Trinajstić information content (AvgIpc) is 3.05. The number of amides is 2. The van der Waals surface area contributed by atoms with E-state index >= 15 is 0 Å². The van der Waals surface area contributed by atoms with Gasteiger partial charge >= 0.3 is 5.97 Å². The van der Waals surface area contributed by atoms with E-state index in [1.807, 2.05) is 6.07 Å². The van der Waals surface area contributed by atoms with Crippen molar-refractivity contribution >= 4 is 23.6 Å². The van der Waals surface area contributed by atoms with Crippen molar-refractivity contribution < 1.29 is 23.9 Å². The first-order chi connectivity index (χ1) is 15.0. The number of nitrogens with zero attached hydrogens (tertiary/aromatic N) is 1. The Hall–Kier alpha value is -4.06. The van der Waals surface area contributed by atoms with Gasteiger partial charge in [-0.3, -0.25) is 24.1 Å². The van der Waals surface area contributed by atoms with Crippen molar-refractivity contribution in [3.05, 3.63) is 101 Å². The maximum absolute atomic E-state index is 12.4. The first-order valence-corrected chi connectivity index (χ1v) is 9.90. The van der Waals surface area contributed by atoms with Crippen LogP contribution in [0.2, 0.25) is 0 Å². The molecule has 0 unspecified atom stereocenters. The molecule has 0 aliphatic carbocycles. The van der Waals surface area contributed by atoms with Crippen molar-refractivity contribution in [1.29, 1.82) is 0 Å². The van der Waals surface area contributed by atoms with Crippen molar-refractivity contribution in [1.82, 2.24) is 4.90 Å². The second-order valence-corrected chi connectivity index (χ2v) is 7.10. The molecule has 4 rings (SSSR count). The predicted molar refractivity (Wildman–Crippen MR) is 113 cm³/mol. The second kappa shape index (κ2) is 8.75. The van der Waals surface area contributed by atoms with Crippen LogP contribution in [0.25, 0.3) is 0 Å². The lowest BCUT2D eigenvalue weighted by atomic mass is 10.0. The monoisotopic (exact) mass is 413 g/mol. The highest BCUT2D eigenvalue weighted by molar-refractivity contribution is 6.21. The summed E-state index contributed by atoms with van der Waals surface area (Å²) in [5.41, 5.74) is 1.86. The Kier molecular flexibility index (Phi) is 5.71. The molecule has 0 radical (unpaired) electrons. The Bertz CT molecular complexity index is 1120. The summed E-state index contributed by atoms with van der Waals surface area (Å²) >= 11 is 0. The third-order valence-electron chi connectivity index (χ3n) is 5.02. The lowest BCUT2D eigenvalue weighted by Gasteiger charge is -2.13. The largest absolute Gasteiger partial charge is 0.427 e. The van der Waals surface area contributed by atoms with E-state index in [-0.39, 0.29) is 30.6 Å². The second-order valence-electron chi connectivity index (χ2n) is 7.10. The number of imide groups is 1. The van der Waals surface area contributed by atoms with Crippen LogP contribution >= 0.6 is 0 Å². The summed E-state index contributed by atoms with van der Waals surface area (Å²) in [6.07, 6.45) is 0.354. The molecule has 0 spiro atoms. The summed E-state index contributed by atoms with van der Waals surface area (Å²) in [4.78, 5) is 50.3. The molecule has 0 aromatic heterocycles. The lowest BCUT2D eigenvalue weighted by molar-refractivity contribution is -0.134. The molecule has 2 amide bonds. The Morgan fingerprint density at radius 1 is 0.710 bits per heavy atom. The van der Waals surface area contributed by atoms with E-state index in [0.717, 1.165) is 4.90 Å². The van der Waals surface area contributed by atoms with Crippen LogP contribution in [0.15, 0.2) is 78.9 Å². The Balaban J connectivity index is 1.28. The molecule has 0 saturated heterocycles. The Morgan fingerprint density at radius 2 is 1.26 bits per heavy atom. The Labute approximate surface area is 179 Å². The summed E-state index contributed by atoms with van der Waals surface area (Å²) in [6, 6.07) is 21.9. The van der Waals surface area contributed by atoms with Crippen LogP contribution in [0.3, 0.4) is 0 Å². The zero-order valence-corrected chi connectivity index (χ0v) is 16.6. The van der Waals surface area contributed by atoms with Crippen LogP contribution in [0, 0.1) is 0 Å². The topological polar surface area (TPSA) is 80.8 Å². The molecular weight excluding hydrogens is 394 g/mol. The normalized spacial score (nSPS) is 12.6. The van der Waals surface area contributed by atoms with E-state index in [2.05, 4.69) is 0 Å². The molecule has 1 aliphatic rings. The molecule has 1 heterocycles. The molecule has 154 valence electrons. The first-order valence-electron chi connectivity index (χ1n) is 9.90. The molecule has 3 aromatic carbocycles. The van der Waals surface area contributed by atoms with Crippen LogP contribution in [0.1, 0.15) is 49.5 Å². The molecule has 0 fully saturated rings. The predicted octanol–water partition coefficient (Wildman–Crippen LogP) is 3.90. The molecule has 6 nitrogen and oxygen atoms in total. The molecule has 31 heavy (non-hydrogen) atoms. The fourth-order valence-corrected chi connectivity index (χ4v) is 3.44. The van der Waals surface area contributed by atoms with Crippen molar-refractivity contribution in [2.75, 3.05) is 6.54 Å². The van der Waals surface area contributed by atoms with Gasteiger partial charge < -0.3 is 4.74 Å². The summed E-state index contributed by atoms with van der Waals surface area (Å²) < 4.78 is 5.30. The standard InChI is InChI=1S/C25H19NO5/c27-22(11-6-16-26-24(29)20-9-4-5-10-21(20)25(26)30)31-19-14-12-18(13-15-19)23(28)17-7-2-1-3-8-17/h1-5,7-10,12-15H,6,11,16H2. The Morgan fingerprint density at radius 3 is 1.87 bits per heavy atom. The smallest absolute Gasteiger partial charge is 0.311 e. The van der Waals surface area contributed by atoms with Crippen molar-refractivity contribution in [3.63, 3.8) is 0 Å². The number of rotatable bonds is 7. The van der Waals surface area contributed by atoms with Crippen LogP contribution in [-0.4, -0.2) is 35.0 Å². The van der Waals surface area contributed by atoms with Gasteiger partial charge in [-0.1, -0.05) is 42.5 Å². The quantitative estimate of drug-likeness (QED) is 0.254. The van der Waals surface area contributed by atoms with Gasteiger partial charge in [-0.25, -0.2) is 0 Å². The van der Waals surface area contributed by atoms with Crippen molar-refractivity contribution in [2.45, 2.75) is 12.8 Å². The number of benzene rings is 3. The van der Waals surface area contributed by atoms with Crippen LogP contribution in [0.5, 0.6) is 5.75 Å². The molecule has 0 N–H and O–H groups in total. The highest BCUT2D eigenvalue weighted by Gasteiger charge is 2.34. The molecule has 0 atom stereocenters. The molecule has 6 heteroatoms. The maximum Gasteiger partial charge on any atom is 0.311 e. The van der Waals surface area contributed by atoms with E-state index in [1.165, 1.54) is 0 Å². The zero-order chi connectivity index (χ0) is 21.8. The minimum absolute atomic E-state index is 0.0537. The van der Waals surface area contributed by atoms with E-state index in [4.69, 9.17) is 4.74 Å². The summed E-state index contributed by atoms with van der Waals surface area (Å²) in [6.45, 7) is 0.145. The van der Waals surface area contributed by atoms with Gasteiger partial charge in [0.25, 0.3) is 11.8 Å². The van der Waals surface area contributed by atoms with Crippen molar-refractivity contribution in [2.24, 2.45) is 0 Å². The molecule has 0 bridgehead atoms. The average molecular weight is 413 g/mol. The fourth-order valence-electron chi connectivity index (χ4n) is 3.44. The van der Waals surface area contributed by atoms with Crippen LogP contribution in [-0.2, 0) is 4.79 Å². The van der Waals surface area contributed by atoms with Gasteiger partial charge in [0.15, 0.2) is 5.78 Å². The lowest BCUT2D eigenvalue weighted by Crippen LogP contribution is -2.31. The number of carbonyl (C=O) groups excluding carboxylic acids is 4. The third-order valence-corrected chi connectivity index (χ3v) is 5.02. The summed E-state index contributed by atoms with van der Waals surface area (Å²) in [5, 5.41) is 0. The van der Waals surface area contributed by atoms with E-state index in [0.29, 0.717) is 34.4 Å². The van der Waals surface area contributed by atoms with Gasteiger partial charge in [-0.2, -0.15) is 0 Å². The number of ketones is 1. The molecule has 1 aliphatic heterocycles. The highest BCUT2D eigenvalue weighted by Crippen LogP contribution is 2.23. The van der Waals surface area contributed by atoms with Gasteiger partial charge in [0, 0.05) is 24.1 Å². The van der Waals surface area contributed by atoms with Gasteiger partial charge in [0.1, 0.15) is 5.75 Å². The van der Waals surface area contributed by atoms with Gasteiger partial charge in [-0.15, -0.1) is 0 Å². The number of esters is 1. The van der Waals surface area contributed by atoms with E-state index in [1.54, 1.807) is 72.8 Å². The fraction of sp³-hybridized carbons (Fsp3) is 0.120. The summed E-state index contributed by atoms with van der Waals surface area (Å²) in [7, 11) is 0. The number of hydrogen-bond donors (Lipinski definition) is 0. The van der Waals surface area contributed by atoms with E-state index in [9.17, 15) is 19.2 Å². The molecular formula is C25H19NO5. The molecule has 0 saturated carbocycles. The molecule has 3 aromatic rings. The zero-order valence-electron chi connectivity index (χ0n) is 16.6. The first kappa shape index (κ1) is 20.2. The van der Waals surface area contributed by atoms with Crippen LogP contribution in [0.4, 0.5) is 0 Å².